The maximum Gasteiger partial charge on any atom is 0.272 e. The van der Waals surface area contributed by atoms with Gasteiger partial charge in [-0.2, -0.15) is 0 Å². The third-order valence-corrected chi connectivity index (χ3v) is 3.56. The van der Waals surface area contributed by atoms with Crippen molar-refractivity contribution in [3.05, 3.63) is 53.6 Å². The molecule has 0 saturated carbocycles. The molecule has 0 atom stereocenters. The molecule has 1 aliphatic heterocycles. The predicted molar refractivity (Wildman–Crippen MR) is 82.1 cm³/mol. The number of alkyl halides is 2. The lowest BCUT2D eigenvalue weighted by Crippen LogP contribution is -2.29. The Bertz CT molecular complexity index is 772. The molecule has 7 heteroatoms. The lowest BCUT2D eigenvalue weighted by molar-refractivity contribution is 0.0803. The van der Waals surface area contributed by atoms with Crippen molar-refractivity contribution >= 4 is 17.5 Å². The third-order valence-electron chi connectivity index (χ3n) is 3.56. The molecule has 2 aromatic carbocycles. The molecule has 2 aromatic rings. The van der Waals surface area contributed by atoms with Crippen molar-refractivity contribution in [1.82, 2.24) is 0 Å². The monoisotopic (exact) mass is 333 g/mol. The van der Waals surface area contributed by atoms with Gasteiger partial charge < -0.3 is 9.47 Å². The van der Waals surface area contributed by atoms with Crippen molar-refractivity contribution in [2.45, 2.75) is 6.43 Å². The van der Waals surface area contributed by atoms with Crippen LogP contribution in [0.1, 0.15) is 20.7 Å². The second-order valence-corrected chi connectivity index (χ2v) is 5.03. The largest absolute Gasteiger partial charge is 0.493 e. The molecule has 2 amide bonds. The number of ether oxygens (including phenoxy) is 2. The second-order valence-electron chi connectivity index (χ2n) is 5.03. The maximum absolute atomic E-state index is 12.5. The van der Waals surface area contributed by atoms with E-state index < -0.39 is 24.8 Å². The van der Waals surface area contributed by atoms with Crippen LogP contribution < -0.4 is 14.4 Å². The summed E-state index contributed by atoms with van der Waals surface area (Å²) in [6.07, 6.45) is -2.65. The van der Waals surface area contributed by atoms with Gasteiger partial charge in [-0.05, 0) is 24.3 Å². The van der Waals surface area contributed by atoms with Crippen LogP contribution in [0.3, 0.4) is 0 Å². The normalized spacial score (nSPS) is 13.4. The van der Waals surface area contributed by atoms with Gasteiger partial charge in [-0.25, -0.2) is 13.7 Å². The molecule has 0 N–H and O–H groups in total. The summed E-state index contributed by atoms with van der Waals surface area (Å²) in [6.45, 7) is -0.818. The van der Waals surface area contributed by atoms with Crippen LogP contribution in [0.25, 0.3) is 0 Å². The second kappa shape index (κ2) is 6.27. The molecule has 124 valence electrons. The smallest absolute Gasteiger partial charge is 0.272 e. The molecule has 1 aliphatic rings. The molecule has 0 bridgehead atoms. The van der Waals surface area contributed by atoms with Crippen LogP contribution in [0.2, 0.25) is 0 Å². The van der Waals surface area contributed by atoms with Gasteiger partial charge >= 0.3 is 0 Å². The van der Waals surface area contributed by atoms with E-state index in [2.05, 4.69) is 0 Å². The Kier molecular flexibility index (Phi) is 4.16. The average molecular weight is 333 g/mol. The summed E-state index contributed by atoms with van der Waals surface area (Å²) < 4.78 is 34.8. The number of halogens is 2. The fraction of sp³-hybridized carbons (Fsp3) is 0.176. The van der Waals surface area contributed by atoms with Gasteiger partial charge in [0.25, 0.3) is 18.2 Å². The Morgan fingerprint density at radius 1 is 1.00 bits per heavy atom. The minimum absolute atomic E-state index is 0.0341. The van der Waals surface area contributed by atoms with Gasteiger partial charge in [0, 0.05) is 6.07 Å². The summed E-state index contributed by atoms with van der Waals surface area (Å²) in [5.74, 6) is -0.677. The number of carbonyl (C=O) groups is 2. The molecule has 0 saturated heterocycles. The minimum Gasteiger partial charge on any atom is -0.493 e. The number of fused-ring (bicyclic) bond motifs is 1. The van der Waals surface area contributed by atoms with Gasteiger partial charge in [0.05, 0.1) is 23.9 Å². The van der Waals surface area contributed by atoms with Crippen LogP contribution in [0.5, 0.6) is 11.5 Å². The molecule has 1 heterocycles. The summed E-state index contributed by atoms with van der Waals surface area (Å²) in [6, 6.07) is 10.7. The maximum atomic E-state index is 12.5. The number of carbonyl (C=O) groups excluding carboxylic acids is 2. The number of rotatable bonds is 5. The van der Waals surface area contributed by atoms with E-state index in [0.29, 0.717) is 11.1 Å². The molecule has 0 fully saturated rings. The molecule has 0 aromatic heterocycles. The van der Waals surface area contributed by atoms with Gasteiger partial charge in [0.1, 0.15) is 6.61 Å². The lowest BCUT2D eigenvalue weighted by Gasteiger charge is -2.17. The lowest BCUT2D eigenvalue weighted by atomic mass is 10.1. The molecular weight excluding hydrogens is 320 g/mol. The van der Waals surface area contributed by atoms with Crippen molar-refractivity contribution < 1.29 is 27.8 Å². The van der Waals surface area contributed by atoms with Gasteiger partial charge in [-0.15, -0.1) is 0 Å². The molecule has 0 spiro atoms. The van der Waals surface area contributed by atoms with Crippen LogP contribution in [0, 0.1) is 0 Å². The van der Waals surface area contributed by atoms with Crippen LogP contribution in [0.4, 0.5) is 14.5 Å². The van der Waals surface area contributed by atoms with Crippen LogP contribution in [-0.2, 0) is 0 Å². The first-order chi connectivity index (χ1) is 11.5. The van der Waals surface area contributed by atoms with Crippen molar-refractivity contribution in [3.63, 3.8) is 0 Å². The van der Waals surface area contributed by atoms with E-state index in [1.165, 1.54) is 25.3 Å². The first kappa shape index (κ1) is 15.9. The molecule has 5 nitrogen and oxygen atoms in total. The summed E-state index contributed by atoms with van der Waals surface area (Å²) in [5.41, 5.74) is 0.827. The summed E-state index contributed by atoms with van der Waals surface area (Å²) in [5, 5.41) is 0. The van der Waals surface area contributed by atoms with Crippen LogP contribution in [-0.4, -0.2) is 32.0 Å². The Morgan fingerprint density at radius 2 is 1.62 bits per heavy atom. The number of hydrogen-bond donors (Lipinski definition) is 0. The number of nitrogens with zero attached hydrogens (tertiary/aromatic N) is 1. The summed E-state index contributed by atoms with van der Waals surface area (Å²) in [4.78, 5) is 25.9. The number of methoxy groups -OCH3 is 1. The average Bonchev–Trinajstić information content (AvgIpc) is 2.84. The highest BCUT2D eigenvalue weighted by Crippen LogP contribution is 2.35. The van der Waals surface area contributed by atoms with Gasteiger partial charge in [-0.1, -0.05) is 12.1 Å². The SMILES string of the molecule is COc1ccc(N2C(=O)c3ccccc3C2=O)cc1OCC(F)F. The van der Waals surface area contributed by atoms with Crippen LogP contribution >= 0.6 is 0 Å². The van der Waals surface area contributed by atoms with Crippen molar-refractivity contribution in [3.8, 4) is 11.5 Å². The number of amides is 2. The number of anilines is 1. The van der Waals surface area contributed by atoms with Crippen molar-refractivity contribution in [2.24, 2.45) is 0 Å². The molecular formula is C17H13F2NO4. The standard InChI is InChI=1S/C17H13F2NO4/c1-23-13-7-6-10(8-14(13)24-9-15(18)19)20-16(21)11-4-2-3-5-12(11)17(20)22/h2-8,15H,9H2,1H3. The fourth-order valence-corrected chi connectivity index (χ4v) is 2.49. The Labute approximate surface area is 136 Å². The third kappa shape index (κ3) is 2.68. The number of imide groups is 1. The zero-order valence-electron chi connectivity index (χ0n) is 12.7. The Hall–Kier alpha value is -2.96. The molecule has 3 rings (SSSR count). The first-order valence-electron chi connectivity index (χ1n) is 7.09. The molecule has 0 radical (unpaired) electrons. The van der Waals surface area contributed by atoms with Crippen molar-refractivity contribution in [1.29, 1.82) is 0 Å². The highest BCUT2D eigenvalue weighted by molar-refractivity contribution is 6.34. The zero-order chi connectivity index (χ0) is 17.3. The van der Waals surface area contributed by atoms with E-state index in [9.17, 15) is 18.4 Å². The van der Waals surface area contributed by atoms with E-state index >= 15 is 0 Å². The fourth-order valence-electron chi connectivity index (χ4n) is 2.49. The van der Waals surface area contributed by atoms with E-state index in [4.69, 9.17) is 9.47 Å². The quantitative estimate of drug-likeness (QED) is 0.789. The highest BCUT2D eigenvalue weighted by atomic mass is 19.3. The first-order valence-corrected chi connectivity index (χ1v) is 7.09. The zero-order valence-corrected chi connectivity index (χ0v) is 12.7. The summed E-state index contributed by atoms with van der Waals surface area (Å²) >= 11 is 0. The number of benzene rings is 2. The van der Waals surface area contributed by atoms with E-state index in [1.807, 2.05) is 0 Å². The van der Waals surface area contributed by atoms with E-state index in [-0.39, 0.29) is 17.2 Å². The van der Waals surface area contributed by atoms with E-state index in [1.54, 1.807) is 24.3 Å². The predicted octanol–water partition coefficient (Wildman–Crippen LogP) is 3.14. The van der Waals surface area contributed by atoms with Gasteiger partial charge in [-0.3, -0.25) is 9.59 Å². The molecule has 0 aliphatic carbocycles. The number of hydrogen-bond acceptors (Lipinski definition) is 4. The molecule has 0 unspecified atom stereocenters. The Morgan fingerprint density at radius 3 is 2.17 bits per heavy atom. The minimum atomic E-state index is -2.65. The molecule has 24 heavy (non-hydrogen) atoms. The van der Waals surface area contributed by atoms with E-state index in [0.717, 1.165) is 4.90 Å². The topological polar surface area (TPSA) is 55.8 Å². The highest BCUT2D eigenvalue weighted by Gasteiger charge is 2.36. The van der Waals surface area contributed by atoms with Gasteiger partial charge in [0.2, 0.25) is 0 Å². The van der Waals surface area contributed by atoms with Crippen LogP contribution in [0.15, 0.2) is 42.5 Å². The Balaban J connectivity index is 1.97. The van der Waals surface area contributed by atoms with Crippen molar-refractivity contribution in [2.75, 3.05) is 18.6 Å². The summed E-state index contributed by atoms with van der Waals surface area (Å²) in [7, 11) is 1.37. The van der Waals surface area contributed by atoms with Gasteiger partial charge in [0.15, 0.2) is 11.5 Å².